The van der Waals surface area contributed by atoms with Gasteiger partial charge in [-0.1, -0.05) is 41.9 Å². The first-order valence-corrected chi connectivity index (χ1v) is 9.99. The Morgan fingerprint density at radius 3 is 2.48 bits per heavy atom. The van der Waals surface area contributed by atoms with E-state index in [-0.39, 0.29) is 5.91 Å². The summed E-state index contributed by atoms with van der Waals surface area (Å²) >= 11 is 7.57. The second-order valence-corrected chi connectivity index (χ2v) is 7.72. The number of amides is 1. The van der Waals surface area contributed by atoms with Crippen LogP contribution >= 0.6 is 23.4 Å². The summed E-state index contributed by atoms with van der Waals surface area (Å²) in [7, 11) is 0. The third kappa shape index (κ3) is 5.77. The van der Waals surface area contributed by atoms with E-state index in [0.717, 1.165) is 49.1 Å². The maximum atomic E-state index is 12.5. The zero-order valence-electron chi connectivity index (χ0n) is 14.2. The van der Waals surface area contributed by atoms with Crippen molar-refractivity contribution < 1.29 is 4.79 Å². The molecule has 0 aliphatic carbocycles. The van der Waals surface area contributed by atoms with Crippen LogP contribution in [0.5, 0.6) is 0 Å². The number of hydrogen-bond donors (Lipinski definition) is 0. The molecule has 132 valence electrons. The lowest BCUT2D eigenvalue weighted by molar-refractivity contribution is -0.128. The Balaban J connectivity index is 1.47. The van der Waals surface area contributed by atoms with Crippen molar-refractivity contribution in [3.63, 3.8) is 0 Å². The monoisotopic (exact) mass is 374 g/mol. The highest BCUT2D eigenvalue weighted by atomic mass is 35.5. The summed E-state index contributed by atoms with van der Waals surface area (Å²) in [6.07, 6.45) is 1.02. The molecule has 1 aliphatic heterocycles. The van der Waals surface area contributed by atoms with Crippen molar-refractivity contribution in [2.45, 2.75) is 17.9 Å². The molecule has 0 aromatic heterocycles. The second-order valence-electron chi connectivity index (χ2n) is 6.24. The van der Waals surface area contributed by atoms with E-state index in [9.17, 15) is 4.79 Å². The van der Waals surface area contributed by atoms with Crippen LogP contribution in [0.2, 0.25) is 5.02 Å². The third-order valence-electron chi connectivity index (χ3n) is 4.37. The zero-order valence-corrected chi connectivity index (χ0v) is 15.8. The van der Waals surface area contributed by atoms with Gasteiger partial charge in [-0.2, -0.15) is 0 Å². The van der Waals surface area contributed by atoms with Gasteiger partial charge < -0.3 is 4.90 Å². The molecule has 0 bridgehead atoms. The third-order valence-corrected chi connectivity index (χ3v) is 5.61. The Hall–Kier alpha value is -1.49. The number of halogens is 1. The van der Waals surface area contributed by atoms with Crippen molar-refractivity contribution in [2.24, 2.45) is 0 Å². The van der Waals surface area contributed by atoms with Gasteiger partial charge >= 0.3 is 0 Å². The molecule has 2 aromatic rings. The van der Waals surface area contributed by atoms with E-state index in [1.165, 1.54) is 5.56 Å². The van der Waals surface area contributed by atoms with Crippen molar-refractivity contribution in [3.05, 3.63) is 65.2 Å². The van der Waals surface area contributed by atoms with Crippen molar-refractivity contribution in [1.82, 2.24) is 9.80 Å². The molecule has 0 unspecified atom stereocenters. The standard InChI is InChI=1S/C20H23ClN2OS/c21-18-9-7-17(8-10-18)15-22-11-4-12-23(14-13-22)20(24)16-25-19-5-2-1-3-6-19/h1-3,5-10H,4,11-16H2. The van der Waals surface area contributed by atoms with Crippen molar-refractivity contribution >= 4 is 29.3 Å². The van der Waals surface area contributed by atoms with Gasteiger partial charge in [-0.3, -0.25) is 9.69 Å². The van der Waals surface area contributed by atoms with Gasteiger partial charge in [0, 0.05) is 42.6 Å². The predicted molar refractivity (Wildman–Crippen MR) is 105 cm³/mol. The minimum atomic E-state index is 0.238. The number of thioether (sulfide) groups is 1. The average Bonchev–Trinajstić information content (AvgIpc) is 2.88. The molecule has 1 fully saturated rings. The van der Waals surface area contributed by atoms with Gasteiger partial charge in [0.05, 0.1) is 5.75 Å². The highest BCUT2D eigenvalue weighted by Crippen LogP contribution is 2.18. The molecule has 3 nitrogen and oxygen atoms in total. The number of rotatable bonds is 5. The van der Waals surface area contributed by atoms with Gasteiger partial charge in [-0.15, -0.1) is 11.8 Å². The summed E-state index contributed by atoms with van der Waals surface area (Å²) in [5.74, 6) is 0.753. The van der Waals surface area contributed by atoms with Gasteiger partial charge in [-0.25, -0.2) is 0 Å². The molecule has 0 saturated carbocycles. The number of carbonyl (C=O) groups is 1. The Kier molecular flexibility index (Phi) is 6.79. The molecule has 0 atom stereocenters. The number of carbonyl (C=O) groups excluding carboxylic acids is 1. The number of benzene rings is 2. The maximum Gasteiger partial charge on any atom is 0.232 e. The van der Waals surface area contributed by atoms with Crippen LogP contribution in [-0.2, 0) is 11.3 Å². The molecule has 2 aromatic carbocycles. The van der Waals surface area contributed by atoms with E-state index in [1.54, 1.807) is 11.8 Å². The van der Waals surface area contributed by atoms with E-state index < -0.39 is 0 Å². The van der Waals surface area contributed by atoms with E-state index in [0.29, 0.717) is 5.75 Å². The van der Waals surface area contributed by atoms with E-state index in [2.05, 4.69) is 17.0 Å². The Morgan fingerprint density at radius 2 is 1.72 bits per heavy atom. The molecular formula is C20H23ClN2OS. The van der Waals surface area contributed by atoms with Crippen molar-refractivity contribution in [1.29, 1.82) is 0 Å². The van der Waals surface area contributed by atoms with Gasteiger partial charge in [0.1, 0.15) is 0 Å². The van der Waals surface area contributed by atoms with E-state index in [4.69, 9.17) is 11.6 Å². The second kappa shape index (κ2) is 9.27. The van der Waals surface area contributed by atoms with Crippen LogP contribution < -0.4 is 0 Å². The first-order valence-electron chi connectivity index (χ1n) is 8.63. The highest BCUT2D eigenvalue weighted by molar-refractivity contribution is 8.00. The lowest BCUT2D eigenvalue weighted by atomic mass is 10.2. The highest BCUT2D eigenvalue weighted by Gasteiger charge is 2.19. The molecule has 1 amide bonds. The lowest BCUT2D eigenvalue weighted by Crippen LogP contribution is -2.36. The molecule has 3 rings (SSSR count). The minimum Gasteiger partial charge on any atom is -0.341 e. The number of hydrogen-bond acceptors (Lipinski definition) is 3. The molecule has 5 heteroatoms. The molecule has 0 N–H and O–H groups in total. The normalized spacial score (nSPS) is 15.8. The Morgan fingerprint density at radius 1 is 0.960 bits per heavy atom. The van der Waals surface area contributed by atoms with Crippen LogP contribution in [0.4, 0.5) is 0 Å². The quantitative estimate of drug-likeness (QED) is 0.734. The Labute approximate surface area is 159 Å². The molecular weight excluding hydrogens is 352 g/mol. The molecule has 0 spiro atoms. The topological polar surface area (TPSA) is 23.6 Å². The van der Waals surface area contributed by atoms with Gasteiger partial charge in [-0.05, 0) is 36.2 Å². The van der Waals surface area contributed by atoms with Gasteiger partial charge in [0.15, 0.2) is 0 Å². The lowest BCUT2D eigenvalue weighted by Gasteiger charge is -2.22. The first kappa shape index (κ1) is 18.3. The zero-order chi connectivity index (χ0) is 17.5. The fourth-order valence-electron chi connectivity index (χ4n) is 2.98. The summed E-state index contributed by atoms with van der Waals surface area (Å²) < 4.78 is 0. The average molecular weight is 375 g/mol. The van der Waals surface area contributed by atoms with Crippen LogP contribution in [0.3, 0.4) is 0 Å². The van der Waals surface area contributed by atoms with Crippen LogP contribution in [0.1, 0.15) is 12.0 Å². The number of nitrogens with zero attached hydrogens (tertiary/aromatic N) is 2. The summed E-state index contributed by atoms with van der Waals surface area (Å²) in [5.41, 5.74) is 1.27. The molecule has 1 saturated heterocycles. The fourth-order valence-corrected chi connectivity index (χ4v) is 3.93. The van der Waals surface area contributed by atoms with Crippen molar-refractivity contribution in [2.75, 3.05) is 31.9 Å². The molecule has 0 radical (unpaired) electrons. The van der Waals surface area contributed by atoms with Crippen molar-refractivity contribution in [3.8, 4) is 0 Å². The molecule has 1 heterocycles. The maximum absolute atomic E-state index is 12.5. The SMILES string of the molecule is O=C(CSc1ccccc1)N1CCCN(Cc2ccc(Cl)cc2)CC1. The van der Waals surface area contributed by atoms with Crippen LogP contribution in [0, 0.1) is 0 Å². The molecule has 1 aliphatic rings. The summed E-state index contributed by atoms with van der Waals surface area (Å²) in [4.78, 5) is 18.1. The summed E-state index contributed by atoms with van der Waals surface area (Å²) in [6, 6.07) is 18.1. The van der Waals surface area contributed by atoms with Crippen LogP contribution in [0.25, 0.3) is 0 Å². The van der Waals surface area contributed by atoms with E-state index in [1.807, 2.05) is 47.4 Å². The van der Waals surface area contributed by atoms with Crippen LogP contribution in [0.15, 0.2) is 59.5 Å². The fraction of sp³-hybridized carbons (Fsp3) is 0.350. The smallest absolute Gasteiger partial charge is 0.232 e. The molecule has 25 heavy (non-hydrogen) atoms. The van der Waals surface area contributed by atoms with Gasteiger partial charge in [0.2, 0.25) is 5.91 Å². The first-order chi connectivity index (χ1) is 12.2. The minimum absolute atomic E-state index is 0.238. The van der Waals surface area contributed by atoms with E-state index >= 15 is 0 Å². The van der Waals surface area contributed by atoms with Crippen LogP contribution in [-0.4, -0.2) is 47.6 Å². The Bertz CT molecular complexity index is 678. The summed E-state index contributed by atoms with van der Waals surface area (Å²) in [5, 5.41) is 0.771. The van der Waals surface area contributed by atoms with Gasteiger partial charge in [0.25, 0.3) is 0 Å². The summed E-state index contributed by atoms with van der Waals surface area (Å²) in [6.45, 7) is 4.52. The largest absolute Gasteiger partial charge is 0.341 e. The predicted octanol–water partition coefficient (Wildman–Crippen LogP) is 4.17.